The van der Waals surface area contributed by atoms with Gasteiger partial charge in [-0.2, -0.15) is 5.10 Å². The van der Waals surface area contributed by atoms with Crippen LogP contribution >= 0.6 is 23.4 Å². The lowest BCUT2D eigenvalue weighted by atomic mass is 10.1. The van der Waals surface area contributed by atoms with E-state index in [4.69, 9.17) is 11.6 Å². The summed E-state index contributed by atoms with van der Waals surface area (Å²) in [6.07, 6.45) is 1.68. The molecule has 0 fully saturated rings. The molecule has 142 valence electrons. The molecule has 0 unspecified atom stereocenters. The Bertz CT molecular complexity index is 1140. The molecule has 0 saturated heterocycles. The number of nitrogens with one attached hydrogen (secondary N) is 2. The van der Waals surface area contributed by atoms with Crippen molar-refractivity contribution in [3.8, 4) is 0 Å². The summed E-state index contributed by atoms with van der Waals surface area (Å²) in [5, 5.41) is 8.56. The van der Waals surface area contributed by atoms with Crippen molar-refractivity contribution in [1.29, 1.82) is 0 Å². The van der Waals surface area contributed by atoms with E-state index < -0.39 is 0 Å². The molecule has 2 aromatic heterocycles. The highest BCUT2D eigenvalue weighted by molar-refractivity contribution is 7.99. The number of aromatic nitrogens is 4. The Hall–Kier alpha value is -2.77. The number of thioether (sulfide) groups is 1. The van der Waals surface area contributed by atoms with Gasteiger partial charge in [0, 0.05) is 11.1 Å². The highest BCUT2D eigenvalue weighted by Crippen LogP contribution is 2.22. The molecule has 2 aromatic carbocycles. The van der Waals surface area contributed by atoms with E-state index in [-0.39, 0.29) is 11.7 Å². The first-order chi connectivity index (χ1) is 13.6. The summed E-state index contributed by atoms with van der Waals surface area (Å²) in [7, 11) is 0. The average molecular weight is 412 g/mol. The smallest absolute Gasteiger partial charge is 0.235 e. The van der Waals surface area contributed by atoms with Gasteiger partial charge in [-0.1, -0.05) is 53.2 Å². The topological polar surface area (TPSA) is 75.6 Å². The highest BCUT2D eigenvalue weighted by atomic mass is 35.5. The van der Waals surface area contributed by atoms with Crippen molar-refractivity contribution in [2.75, 3.05) is 11.1 Å². The lowest BCUT2D eigenvalue weighted by molar-refractivity contribution is -0.113. The van der Waals surface area contributed by atoms with Gasteiger partial charge >= 0.3 is 0 Å². The molecule has 4 aromatic rings. The zero-order chi connectivity index (χ0) is 19.5. The maximum Gasteiger partial charge on any atom is 0.235 e. The van der Waals surface area contributed by atoms with E-state index in [1.807, 2.05) is 24.3 Å². The Kier molecular flexibility index (Phi) is 5.36. The summed E-state index contributed by atoms with van der Waals surface area (Å²) >= 11 is 7.33. The van der Waals surface area contributed by atoms with Gasteiger partial charge in [0.15, 0.2) is 5.16 Å². The quantitative estimate of drug-likeness (QED) is 0.458. The number of hydrogen-bond acceptors (Lipinski definition) is 4. The van der Waals surface area contributed by atoms with Gasteiger partial charge in [0.1, 0.15) is 5.82 Å². The third-order valence-corrected chi connectivity index (χ3v) is 5.27. The summed E-state index contributed by atoms with van der Waals surface area (Å²) in [5.74, 6) is 0.793. The Morgan fingerprint density at radius 2 is 2.14 bits per heavy atom. The van der Waals surface area contributed by atoms with Crippen LogP contribution in [0.25, 0.3) is 11.0 Å². The summed E-state index contributed by atoms with van der Waals surface area (Å²) in [6.45, 7) is 2.65. The van der Waals surface area contributed by atoms with Gasteiger partial charge in [0.05, 0.1) is 29.5 Å². The third kappa shape index (κ3) is 4.37. The molecule has 0 aliphatic carbocycles. The van der Waals surface area contributed by atoms with Crippen molar-refractivity contribution in [3.05, 3.63) is 70.9 Å². The minimum absolute atomic E-state index is 0.116. The molecule has 2 heterocycles. The van der Waals surface area contributed by atoms with Gasteiger partial charge in [-0.05, 0) is 30.7 Å². The van der Waals surface area contributed by atoms with E-state index in [9.17, 15) is 4.79 Å². The standard InChI is InChI=1S/C20H18ClN5OS/c1-13-3-2-4-14(9-13)11-26-18(7-8-22-26)25-19(27)12-28-20-23-16-6-5-15(21)10-17(16)24-20/h2-10H,11-12H2,1H3,(H,23,24)(H,25,27). The molecule has 0 radical (unpaired) electrons. The minimum Gasteiger partial charge on any atom is -0.333 e. The Balaban J connectivity index is 1.38. The van der Waals surface area contributed by atoms with Crippen molar-refractivity contribution >= 4 is 46.1 Å². The lowest BCUT2D eigenvalue weighted by Gasteiger charge is -2.09. The normalized spacial score (nSPS) is 11.1. The fraction of sp³-hybridized carbons (Fsp3) is 0.150. The number of aryl methyl sites for hydroxylation is 1. The number of amides is 1. The van der Waals surface area contributed by atoms with Crippen LogP contribution in [0.1, 0.15) is 11.1 Å². The van der Waals surface area contributed by atoms with Crippen LogP contribution in [0.2, 0.25) is 5.02 Å². The van der Waals surface area contributed by atoms with Crippen LogP contribution < -0.4 is 5.32 Å². The van der Waals surface area contributed by atoms with E-state index in [0.29, 0.717) is 22.5 Å². The first kappa shape index (κ1) is 18.6. The number of benzene rings is 2. The number of anilines is 1. The first-order valence-corrected chi connectivity index (χ1v) is 10.1. The van der Waals surface area contributed by atoms with Gasteiger partial charge in [-0.3, -0.25) is 4.79 Å². The molecule has 0 aliphatic rings. The Morgan fingerprint density at radius 1 is 1.25 bits per heavy atom. The molecular formula is C20H18ClN5OS. The summed E-state index contributed by atoms with van der Waals surface area (Å²) in [5.41, 5.74) is 4.00. The number of imidazole rings is 1. The van der Waals surface area contributed by atoms with Gasteiger partial charge in [-0.25, -0.2) is 9.67 Å². The van der Waals surface area contributed by atoms with Crippen molar-refractivity contribution in [2.24, 2.45) is 0 Å². The van der Waals surface area contributed by atoms with E-state index in [2.05, 4.69) is 39.4 Å². The predicted molar refractivity (Wildman–Crippen MR) is 113 cm³/mol. The maximum absolute atomic E-state index is 12.4. The van der Waals surface area contributed by atoms with Crippen LogP contribution in [-0.2, 0) is 11.3 Å². The monoisotopic (exact) mass is 411 g/mol. The number of carbonyl (C=O) groups excluding carboxylic acids is 1. The van der Waals surface area contributed by atoms with Crippen LogP contribution in [0.15, 0.2) is 59.9 Å². The molecule has 6 nitrogen and oxygen atoms in total. The molecule has 8 heteroatoms. The second-order valence-corrected chi connectivity index (χ2v) is 7.80. The first-order valence-electron chi connectivity index (χ1n) is 8.72. The molecule has 0 atom stereocenters. The second-order valence-electron chi connectivity index (χ2n) is 6.40. The van der Waals surface area contributed by atoms with Crippen LogP contribution in [0.3, 0.4) is 0 Å². The molecule has 0 spiro atoms. The third-order valence-electron chi connectivity index (χ3n) is 4.16. The number of fused-ring (bicyclic) bond motifs is 1. The predicted octanol–water partition coefficient (Wildman–Crippen LogP) is 4.50. The SMILES string of the molecule is Cc1cccc(Cn2nccc2NC(=O)CSc2nc3ccc(Cl)cc3[nH]2)c1. The van der Waals surface area contributed by atoms with Crippen LogP contribution in [-0.4, -0.2) is 31.4 Å². The van der Waals surface area contributed by atoms with Gasteiger partial charge < -0.3 is 10.3 Å². The number of aromatic amines is 1. The molecule has 0 saturated carbocycles. The van der Waals surface area contributed by atoms with E-state index >= 15 is 0 Å². The molecule has 1 amide bonds. The van der Waals surface area contributed by atoms with E-state index in [1.54, 1.807) is 23.0 Å². The fourth-order valence-corrected chi connectivity index (χ4v) is 3.75. The maximum atomic E-state index is 12.4. The summed E-state index contributed by atoms with van der Waals surface area (Å²) in [6, 6.07) is 15.5. The molecule has 0 aliphatic heterocycles. The van der Waals surface area contributed by atoms with Crippen LogP contribution in [0, 0.1) is 6.92 Å². The molecule has 2 N–H and O–H groups in total. The van der Waals surface area contributed by atoms with Crippen molar-refractivity contribution in [3.63, 3.8) is 0 Å². The molecule has 0 bridgehead atoms. The number of carbonyl (C=O) groups is 1. The molecule has 4 rings (SSSR count). The Labute approximate surface area is 171 Å². The molecular weight excluding hydrogens is 394 g/mol. The average Bonchev–Trinajstić information content (AvgIpc) is 3.26. The van der Waals surface area contributed by atoms with Crippen LogP contribution in [0.4, 0.5) is 5.82 Å². The number of hydrogen-bond donors (Lipinski definition) is 2. The van der Waals surface area contributed by atoms with Gasteiger partial charge in [0.25, 0.3) is 0 Å². The van der Waals surface area contributed by atoms with Gasteiger partial charge in [0.2, 0.25) is 5.91 Å². The molecule has 28 heavy (non-hydrogen) atoms. The number of halogens is 1. The van der Waals surface area contributed by atoms with Crippen molar-refractivity contribution < 1.29 is 4.79 Å². The largest absolute Gasteiger partial charge is 0.333 e. The van der Waals surface area contributed by atoms with E-state index in [0.717, 1.165) is 16.6 Å². The summed E-state index contributed by atoms with van der Waals surface area (Å²) in [4.78, 5) is 20.0. The number of nitrogens with zero attached hydrogens (tertiary/aromatic N) is 3. The number of rotatable bonds is 6. The Morgan fingerprint density at radius 3 is 3.00 bits per heavy atom. The number of H-pyrrole nitrogens is 1. The van der Waals surface area contributed by atoms with Gasteiger partial charge in [-0.15, -0.1) is 0 Å². The summed E-state index contributed by atoms with van der Waals surface area (Å²) < 4.78 is 1.78. The van der Waals surface area contributed by atoms with Crippen molar-refractivity contribution in [2.45, 2.75) is 18.6 Å². The van der Waals surface area contributed by atoms with Crippen molar-refractivity contribution in [1.82, 2.24) is 19.7 Å². The second kappa shape index (κ2) is 8.08. The van der Waals surface area contributed by atoms with E-state index in [1.165, 1.54) is 17.3 Å². The zero-order valence-corrected chi connectivity index (χ0v) is 16.7. The fourth-order valence-electron chi connectivity index (χ4n) is 2.89. The highest BCUT2D eigenvalue weighted by Gasteiger charge is 2.11. The zero-order valence-electron chi connectivity index (χ0n) is 15.1. The lowest BCUT2D eigenvalue weighted by Crippen LogP contribution is -2.18. The minimum atomic E-state index is -0.116. The van der Waals surface area contributed by atoms with Crippen LogP contribution in [0.5, 0.6) is 0 Å².